The van der Waals surface area contributed by atoms with Gasteiger partial charge in [0, 0.05) is 10.0 Å². The molecule has 0 fully saturated rings. The van der Waals surface area contributed by atoms with E-state index in [4.69, 9.17) is 33.2 Å². The van der Waals surface area contributed by atoms with Gasteiger partial charge in [-0.1, -0.05) is 23.2 Å². The van der Waals surface area contributed by atoms with Crippen LogP contribution in [-0.4, -0.2) is 0 Å². The maximum atomic E-state index is 13.6. The summed E-state index contributed by atoms with van der Waals surface area (Å²) in [7, 11) is 0. The van der Waals surface area contributed by atoms with Crippen LogP contribution in [-0.2, 0) is 0 Å². The highest BCUT2D eigenvalue weighted by molar-refractivity contribution is 6.34. The van der Waals surface area contributed by atoms with Gasteiger partial charge in [0.15, 0.2) is 11.6 Å². The van der Waals surface area contributed by atoms with Crippen LogP contribution in [0.1, 0.15) is 5.56 Å². The van der Waals surface area contributed by atoms with Crippen LogP contribution in [0.5, 0.6) is 11.5 Å². The summed E-state index contributed by atoms with van der Waals surface area (Å²) in [5.41, 5.74) is 0.226. The third-order valence-electron chi connectivity index (χ3n) is 2.12. The van der Waals surface area contributed by atoms with Gasteiger partial charge >= 0.3 is 0 Å². The van der Waals surface area contributed by atoms with Gasteiger partial charge in [-0.15, -0.1) is 0 Å². The van der Waals surface area contributed by atoms with Crippen molar-refractivity contribution < 1.29 is 9.13 Å². The summed E-state index contributed by atoms with van der Waals surface area (Å²) in [5, 5.41) is 9.41. The van der Waals surface area contributed by atoms with E-state index in [0.29, 0.717) is 15.8 Å². The molecule has 0 saturated heterocycles. The first-order valence-electron chi connectivity index (χ1n) is 4.92. The van der Waals surface area contributed by atoms with Crippen LogP contribution in [0.15, 0.2) is 36.4 Å². The molecule has 0 bridgehead atoms. The number of benzene rings is 2. The summed E-state index contributed by atoms with van der Waals surface area (Å²) in [5.74, 6) is -0.284. The average molecular weight is 282 g/mol. The van der Waals surface area contributed by atoms with Crippen LogP contribution in [0.2, 0.25) is 10.0 Å². The highest BCUT2D eigenvalue weighted by Gasteiger charge is 2.07. The smallest absolute Gasteiger partial charge is 0.167 e. The molecule has 0 heterocycles. The minimum absolute atomic E-state index is 0.00679. The summed E-state index contributed by atoms with van der Waals surface area (Å²) >= 11 is 11.6. The van der Waals surface area contributed by atoms with Crippen molar-refractivity contribution in [3.8, 4) is 17.6 Å². The van der Waals surface area contributed by atoms with Crippen molar-refractivity contribution in [1.29, 1.82) is 5.26 Å². The topological polar surface area (TPSA) is 33.0 Å². The number of hydrogen-bond acceptors (Lipinski definition) is 2. The molecule has 0 atom stereocenters. The summed E-state index contributed by atoms with van der Waals surface area (Å²) in [4.78, 5) is 0. The largest absolute Gasteiger partial charge is 0.454 e. The van der Waals surface area contributed by atoms with E-state index in [2.05, 4.69) is 0 Å². The van der Waals surface area contributed by atoms with Gasteiger partial charge in [-0.05, 0) is 36.4 Å². The van der Waals surface area contributed by atoms with Crippen LogP contribution in [0.25, 0.3) is 0 Å². The van der Waals surface area contributed by atoms with Crippen LogP contribution >= 0.6 is 23.2 Å². The first-order valence-corrected chi connectivity index (χ1v) is 5.67. The lowest BCUT2D eigenvalue weighted by atomic mass is 10.2. The fraction of sp³-hybridized carbons (Fsp3) is 0. The second-order valence-corrected chi connectivity index (χ2v) is 4.34. The normalized spacial score (nSPS) is 9.89. The van der Waals surface area contributed by atoms with E-state index in [0.717, 1.165) is 6.07 Å². The average Bonchev–Trinajstić information content (AvgIpc) is 2.30. The summed E-state index contributed by atoms with van der Waals surface area (Å²) < 4.78 is 18.9. The highest BCUT2D eigenvalue weighted by Crippen LogP contribution is 2.29. The zero-order chi connectivity index (χ0) is 13.1. The van der Waals surface area contributed by atoms with Crippen molar-refractivity contribution in [2.75, 3.05) is 0 Å². The molecule has 0 aliphatic rings. The third-order valence-corrected chi connectivity index (χ3v) is 2.56. The fourth-order valence-corrected chi connectivity index (χ4v) is 1.87. The number of nitriles is 1. The zero-order valence-electron chi connectivity index (χ0n) is 8.95. The summed E-state index contributed by atoms with van der Waals surface area (Å²) in [6.45, 7) is 0. The van der Waals surface area contributed by atoms with Gasteiger partial charge < -0.3 is 4.74 Å². The molecule has 2 aromatic carbocycles. The first-order chi connectivity index (χ1) is 8.58. The summed E-state index contributed by atoms with van der Waals surface area (Å²) in [6.07, 6.45) is 0. The van der Waals surface area contributed by atoms with Gasteiger partial charge in [0.1, 0.15) is 5.75 Å². The molecule has 18 heavy (non-hydrogen) atoms. The molecule has 0 N–H and O–H groups in total. The van der Waals surface area contributed by atoms with E-state index in [1.165, 1.54) is 24.3 Å². The maximum absolute atomic E-state index is 13.6. The van der Waals surface area contributed by atoms with Crippen LogP contribution < -0.4 is 4.74 Å². The molecule has 2 aromatic rings. The monoisotopic (exact) mass is 281 g/mol. The molecule has 0 spiro atoms. The quantitative estimate of drug-likeness (QED) is 0.792. The van der Waals surface area contributed by atoms with Gasteiger partial charge in [-0.3, -0.25) is 0 Å². The minimum atomic E-state index is -0.620. The molecule has 0 aromatic heterocycles. The van der Waals surface area contributed by atoms with Crippen molar-refractivity contribution in [3.05, 3.63) is 57.8 Å². The molecular weight excluding hydrogens is 276 g/mol. The van der Waals surface area contributed by atoms with Crippen LogP contribution in [0, 0.1) is 17.1 Å². The van der Waals surface area contributed by atoms with Gasteiger partial charge in [0.05, 0.1) is 11.6 Å². The predicted octanol–water partition coefficient (Wildman–Crippen LogP) is 4.80. The molecule has 0 saturated carbocycles. The Hall–Kier alpha value is -1.76. The molecule has 2 rings (SSSR count). The van der Waals surface area contributed by atoms with Crippen molar-refractivity contribution >= 4 is 23.2 Å². The number of halogens is 3. The number of nitrogens with zero attached hydrogens (tertiary/aromatic N) is 1. The van der Waals surface area contributed by atoms with Crippen molar-refractivity contribution in [2.24, 2.45) is 0 Å². The summed E-state index contributed by atoms with van der Waals surface area (Å²) in [6, 6.07) is 10.4. The Kier molecular flexibility index (Phi) is 3.71. The van der Waals surface area contributed by atoms with E-state index in [9.17, 15) is 4.39 Å². The molecule has 5 heteroatoms. The van der Waals surface area contributed by atoms with E-state index in [1.54, 1.807) is 6.07 Å². The Labute approximate surface area is 113 Å². The predicted molar refractivity (Wildman–Crippen MR) is 67.7 cm³/mol. The van der Waals surface area contributed by atoms with Crippen molar-refractivity contribution in [3.63, 3.8) is 0 Å². The SMILES string of the molecule is N#Cc1ccc(Oc2cc(Cl)cc(Cl)c2)c(F)c1. The van der Waals surface area contributed by atoms with E-state index < -0.39 is 5.82 Å². The lowest BCUT2D eigenvalue weighted by molar-refractivity contribution is 0.442. The second-order valence-electron chi connectivity index (χ2n) is 3.46. The third kappa shape index (κ3) is 2.92. The Morgan fingerprint density at radius 1 is 1.06 bits per heavy atom. The lowest BCUT2D eigenvalue weighted by Crippen LogP contribution is -1.89. The highest BCUT2D eigenvalue weighted by atomic mass is 35.5. The van der Waals surface area contributed by atoms with E-state index in [-0.39, 0.29) is 11.3 Å². The van der Waals surface area contributed by atoms with E-state index in [1.807, 2.05) is 6.07 Å². The van der Waals surface area contributed by atoms with Crippen LogP contribution in [0.4, 0.5) is 4.39 Å². The van der Waals surface area contributed by atoms with Gasteiger partial charge in [0.2, 0.25) is 0 Å². The molecule has 0 unspecified atom stereocenters. The molecule has 0 aliphatic carbocycles. The molecular formula is C13H6Cl2FNO. The Morgan fingerprint density at radius 3 is 2.28 bits per heavy atom. The lowest BCUT2D eigenvalue weighted by Gasteiger charge is -2.07. The number of rotatable bonds is 2. The molecule has 2 nitrogen and oxygen atoms in total. The number of ether oxygens (including phenoxy) is 1. The van der Waals surface area contributed by atoms with Crippen molar-refractivity contribution in [1.82, 2.24) is 0 Å². The minimum Gasteiger partial charge on any atom is -0.454 e. The maximum Gasteiger partial charge on any atom is 0.167 e. The molecule has 0 amide bonds. The Bertz CT molecular complexity index is 617. The van der Waals surface area contributed by atoms with Gasteiger partial charge in [0.25, 0.3) is 0 Å². The van der Waals surface area contributed by atoms with E-state index >= 15 is 0 Å². The molecule has 0 radical (unpaired) electrons. The van der Waals surface area contributed by atoms with Gasteiger partial charge in [-0.2, -0.15) is 5.26 Å². The molecule has 90 valence electrons. The zero-order valence-corrected chi connectivity index (χ0v) is 10.5. The van der Waals surface area contributed by atoms with Crippen molar-refractivity contribution in [2.45, 2.75) is 0 Å². The van der Waals surface area contributed by atoms with Gasteiger partial charge in [-0.25, -0.2) is 4.39 Å². The molecule has 0 aliphatic heterocycles. The first kappa shape index (κ1) is 12.7. The standard InChI is InChI=1S/C13H6Cl2FNO/c14-9-4-10(15)6-11(5-9)18-13-2-1-8(7-17)3-12(13)16/h1-6H. The Morgan fingerprint density at radius 2 is 1.72 bits per heavy atom. The number of hydrogen-bond donors (Lipinski definition) is 0. The second kappa shape index (κ2) is 5.26. The fourth-order valence-electron chi connectivity index (χ4n) is 1.37. The Balaban J connectivity index is 2.31. The van der Waals surface area contributed by atoms with Crippen LogP contribution in [0.3, 0.4) is 0 Å².